The average molecular weight is 282 g/mol. The Morgan fingerprint density at radius 3 is 2.95 bits per heavy atom. The maximum Gasteiger partial charge on any atom is 0.0581 e. The smallest absolute Gasteiger partial charge is 0.0581 e. The fraction of sp³-hybridized carbons (Fsp3) is 0.786. The van der Waals surface area contributed by atoms with E-state index in [1.807, 2.05) is 10.9 Å². The lowest BCUT2D eigenvalue weighted by Gasteiger charge is -2.23. The first-order valence-corrected chi connectivity index (χ1v) is 8.48. The Labute approximate surface area is 120 Å². The van der Waals surface area contributed by atoms with Crippen molar-refractivity contribution in [2.24, 2.45) is 5.84 Å². The quantitative estimate of drug-likeness (QED) is 0.596. The van der Waals surface area contributed by atoms with Gasteiger partial charge in [-0.15, -0.1) is 0 Å². The van der Waals surface area contributed by atoms with Gasteiger partial charge in [0.15, 0.2) is 0 Å². The Morgan fingerprint density at radius 1 is 1.47 bits per heavy atom. The molecular weight excluding hydrogens is 256 g/mol. The second kappa shape index (κ2) is 7.92. The van der Waals surface area contributed by atoms with Crippen LogP contribution < -0.4 is 11.3 Å². The molecule has 3 N–H and O–H groups in total. The van der Waals surface area contributed by atoms with E-state index in [4.69, 9.17) is 5.84 Å². The van der Waals surface area contributed by atoms with Gasteiger partial charge >= 0.3 is 0 Å². The lowest BCUT2D eigenvalue weighted by atomic mass is 10.0. The Morgan fingerprint density at radius 2 is 2.26 bits per heavy atom. The predicted molar refractivity (Wildman–Crippen MR) is 81.9 cm³/mol. The molecule has 1 aromatic heterocycles. The van der Waals surface area contributed by atoms with Crippen LogP contribution in [0, 0.1) is 0 Å². The number of nitrogens with zero attached hydrogens (tertiary/aromatic N) is 2. The zero-order chi connectivity index (χ0) is 13.5. The van der Waals surface area contributed by atoms with Crippen molar-refractivity contribution in [3.63, 3.8) is 0 Å². The van der Waals surface area contributed by atoms with Gasteiger partial charge in [-0.05, 0) is 19.3 Å². The number of aryl methyl sites for hydroxylation is 1. The van der Waals surface area contributed by atoms with E-state index in [1.165, 1.54) is 37.7 Å². The topological polar surface area (TPSA) is 55.9 Å². The molecule has 19 heavy (non-hydrogen) atoms. The van der Waals surface area contributed by atoms with E-state index in [0.717, 1.165) is 24.0 Å². The van der Waals surface area contributed by atoms with Crippen molar-refractivity contribution in [3.8, 4) is 0 Å². The average Bonchev–Trinajstić information content (AvgIpc) is 2.90. The molecular formula is C14H26N4S. The highest BCUT2D eigenvalue weighted by molar-refractivity contribution is 7.99. The number of rotatable bonds is 7. The number of hydrogen-bond donors (Lipinski definition) is 2. The molecule has 1 saturated carbocycles. The molecule has 1 aliphatic rings. The van der Waals surface area contributed by atoms with Gasteiger partial charge in [0.2, 0.25) is 0 Å². The Hall–Kier alpha value is -0.520. The molecule has 108 valence electrons. The van der Waals surface area contributed by atoms with Crippen molar-refractivity contribution in [1.29, 1.82) is 0 Å². The van der Waals surface area contributed by atoms with Crippen molar-refractivity contribution in [3.05, 3.63) is 18.0 Å². The van der Waals surface area contributed by atoms with Gasteiger partial charge in [0.05, 0.1) is 12.2 Å². The summed E-state index contributed by atoms with van der Waals surface area (Å²) in [5, 5.41) is 5.21. The molecule has 1 atom stereocenters. The van der Waals surface area contributed by atoms with Crippen LogP contribution in [0.25, 0.3) is 0 Å². The highest BCUT2D eigenvalue weighted by Gasteiger charge is 2.18. The van der Waals surface area contributed by atoms with Gasteiger partial charge in [-0.3, -0.25) is 16.0 Å². The molecule has 5 heteroatoms. The molecule has 1 aliphatic carbocycles. The second-order valence-corrected chi connectivity index (χ2v) is 6.68. The molecule has 0 bridgehead atoms. The minimum Gasteiger partial charge on any atom is -0.272 e. The van der Waals surface area contributed by atoms with Crippen LogP contribution in [0.2, 0.25) is 0 Å². The van der Waals surface area contributed by atoms with Crippen molar-refractivity contribution in [1.82, 2.24) is 15.2 Å². The van der Waals surface area contributed by atoms with Crippen LogP contribution in [-0.4, -0.2) is 20.8 Å². The highest BCUT2D eigenvalue weighted by Crippen LogP contribution is 2.30. The highest BCUT2D eigenvalue weighted by atomic mass is 32.2. The molecule has 0 amide bonds. The van der Waals surface area contributed by atoms with Crippen LogP contribution >= 0.6 is 11.8 Å². The van der Waals surface area contributed by atoms with Crippen molar-refractivity contribution < 1.29 is 0 Å². The summed E-state index contributed by atoms with van der Waals surface area (Å²) in [6.45, 7) is 3.14. The van der Waals surface area contributed by atoms with E-state index in [-0.39, 0.29) is 6.04 Å². The summed E-state index contributed by atoms with van der Waals surface area (Å²) in [6, 6.07) is 0.220. The molecule has 4 nitrogen and oxygen atoms in total. The molecule has 0 aliphatic heterocycles. The van der Waals surface area contributed by atoms with E-state index >= 15 is 0 Å². The van der Waals surface area contributed by atoms with Crippen LogP contribution in [0.15, 0.2) is 12.4 Å². The lowest BCUT2D eigenvalue weighted by molar-refractivity contribution is 0.514. The van der Waals surface area contributed by atoms with Crippen molar-refractivity contribution in [2.45, 2.75) is 63.3 Å². The number of nitrogens with two attached hydrogens (primary N) is 1. The fourth-order valence-electron chi connectivity index (χ4n) is 2.62. The van der Waals surface area contributed by atoms with E-state index < -0.39 is 0 Å². The molecule has 1 unspecified atom stereocenters. The summed E-state index contributed by atoms with van der Waals surface area (Å²) in [4.78, 5) is 0. The maximum absolute atomic E-state index is 5.70. The number of hydrogen-bond acceptors (Lipinski definition) is 4. The van der Waals surface area contributed by atoms with E-state index in [1.54, 1.807) is 0 Å². The van der Waals surface area contributed by atoms with E-state index in [2.05, 4.69) is 35.4 Å². The molecule has 0 saturated heterocycles. The number of thioether (sulfide) groups is 1. The third-order valence-electron chi connectivity index (χ3n) is 3.76. The lowest BCUT2D eigenvalue weighted by Crippen LogP contribution is -2.30. The van der Waals surface area contributed by atoms with E-state index in [9.17, 15) is 0 Å². The molecule has 0 radical (unpaired) electrons. The van der Waals surface area contributed by atoms with Gasteiger partial charge < -0.3 is 0 Å². The van der Waals surface area contributed by atoms with Gasteiger partial charge in [-0.25, -0.2) is 0 Å². The SMILES string of the molecule is CCCn1cc(C(CSC2CCCCC2)NN)cn1. The molecule has 1 aromatic rings. The number of nitrogens with one attached hydrogen (secondary N) is 1. The first-order valence-electron chi connectivity index (χ1n) is 7.43. The summed E-state index contributed by atoms with van der Waals surface area (Å²) in [6.07, 6.45) is 12.1. The van der Waals surface area contributed by atoms with Crippen LogP contribution in [0.4, 0.5) is 0 Å². The predicted octanol–water partition coefficient (Wildman–Crippen LogP) is 2.86. The van der Waals surface area contributed by atoms with Gasteiger partial charge in [0.1, 0.15) is 0 Å². The Balaban J connectivity index is 1.84. The largest absolute Gasteiger partial charge is 0.272 e. The molecule has 1 fully saturated rings. The first kappa shape index (κ1) is 14.9. The molecule has 0 spiro atoms. The standard InChI is InChI=1S/C14H26N4S/c1-2-8-18-10-12(9-16-18)14(17-15)11-19-13-6-4-3-5-7-13/h9-10,13-14,17H,2-8,11,15H2,1H3. The van der Waals surface area contributed by atoms with Gasteiger partial charge in [0, 0.05) is 29.3 Å². The summed E-state index contributed by atoms with van der Waals surface area (Å²) in [5.41, 5.74) is 4.15. The molecule has 1 heterocycles. The summed E-state index contributed by atoms with van der Waals surface area (Å²) in [7, 11) is 0. The fourth-order valence-corrected chi connectivity index (χ4v) is 4.04. The van der Waals surface area contributed by atoms with Crippen molar-refractivity contribution >= 4 is 11.8 Å². The zero-order valence-corrected chi connectivity index (χ0v) is 12.7. The third-order valence-corrected chi connectivity index (χ3v) is 5.23. The van der Waals surface area contributed by atoms with Gasteiger partial charge in [-0.1, -0.05) is 26.2 Å². The zero-order valence-electron chi connectivity index (χ0n) is 11.8. The number of hydrazine groups is 1. The maximum atomic E-state index is 5.70. The molecule has 2 rings (SSSR count). The summed E-state index contributed by atoms with van der Waals surface area (Å²) >= 11 is 2.07. The minimum absolute atomic E-state index is 0.220. The summed E-state index contributed by atoms with van der Waals surface area (Å²) in [5.74, 6) is 6.74. The van der Waals surface area contributed by atoms with Crippen LogP contribution in [0.1, 0.15) is 57.1 Å². The third kappa shape index (κ3) is 4.51. The summed E-state index contributed by atoms with van der Waals surface area (Å²) < 4.78 is 2.00. The molecule has 0 aromatic carbocycles. The van der Waals surface area contributed by atoms with Gasteiger partial charge in [-0.2, -0.15) is 16.9 Å². The van der Waals surface area contributed by atoms with Crippen LogP contribution in [-0.2, 0) is 6.54 Å². The first-order chi connectivity index (χ1) is 9.33. The van der Waals surface area contributed by atoms with Crippen LogP contribution in [0.3, 0.4) is 0 Å². The van der Waals surface area contributed by atoms with Crippen LogP contribution in [0.5, 0.6) is 0 Å². The van der Waals surface area contributed by atoms with E-state index in [0.29, 0.717) is 0 Å². The minimum atomic E-state index is 0.220. The normalized spacial score (nSPS) is 18.6. The Bertz CT molecular complexity index is 360. The van der Waals surface area contributed by atoms with Crippen molar-refractivity contribution in [2.75, 3.05) is 5.75 Å². The second-order valence-electron chi connectivity index (χ2n) is 5.35. The van der Waals surface area contributed by atoms with Gasteiger partial charge in [0.25, 0.3) is 0 Å². The Kier molecular flexibility index (Phi) is 6.20. The monoisotopic (exact) mass is 282 g/mol. The number of aromatic nitrogens is 2.